The van der Waals surface area contributed by atoms with Gasteiger partial charge in [-0.3, -0.25) is 9.59 Å². The highest BCUT2D eigenvalue weighted by molar-refractivity contribution is 7.89. The summed E-state index contributed by atoms with van der Waals surface area (Å²) in [7, 11) is -3.83. The molecule has 2 amide bonds. The number of likely N-dealkylation sites (tertiary alicyclic amines) is 1. The normalized spacial score (nSPS) is 19.0. The Labute approximate surface area is 147 Å². The number of primary sulfonamides is 1. The fourth-order valence-corrected chi connectivity index (χ4v) is 4.13. The number of benzene rings is 1. The molecule has 7 nitrogen and oxygen atoms in total. The summed E-state index contributed by atoms with van der Waals surface area (Å²) in [6.07, 6.45) is 2.47. The molecule has 8 heteroatoms. The molecule has 1 saturated heterocycles. The summed E-state index contributed by atoms with van der Waals surface area (Å²) in [5.74, 6) is 0.320. The van der Waals surface area contributed by atoms with Gasteiger partial charge in [-0.05, 0) is 42.9 Å². The van der Waals surface area contributed by atoms with Gasteiger partial charge in [0.1, 0.15) is 0 Å². The lowest BCUT2D eigenvalue weighted by Crippen LogP contribution is -2.44. The van der Waals surface area contributed by atoms with Crippen LogP contribution < -0.4 is 5.14 Å². The largest absolute Gasteiger partial charge is 0.343 e. The van der Waals surface area contributed by atoms with Crippen LogP contribution in [0.1, 0.15) is 35.7 Å². The molecule has 2 aliphatic rings. The number of nitrogens with zero attached hydrogens (tertiary/aromatic N) is 2. The summed E-state index contributed by atoms with van der Waals surface area (Å²) in [5.41, 5.74) is 1.29. The fraction of sp³-hybridized carbons (Fsp3) is 0.529. The van der Waals surface area contributed by atoms with Crippen molar-refractivity contribution in [2.45, 2.75) is 31.1 Å². The molecule has 0 spiro atoms. The zero-order valence-corrected chi connectivity index (χ0v) is 15.1. The minimum Gasteiger partial charge on any atom is -0.343 e. The van der Waals surface area contributed by atoms with Crippen molar-refractivity contribution in [1.82, 2.24) is 9.80 Å². The minimum atomic E-state index is -3.83. The Hall–Kier alpha value is -1.93. The molecule has 2 N–H and O–H groups in total. The van der Waals surface area contributed by atoms with Crippen LogP contribution in [-0.2, 0) is 21.2 Å². The Morgan fingerprint density at radius 2 is 1.92 bits per heavy atom. The maximum atomic E-state index is 12.8. The van der Waals surface area contributed by atoms with Crippen molar-refractivity contribution < 1.29 is 18.0 Å². The summed E-state index contributed by atoms with van der Waals surface area (Å²) in [5, 5.41) is 5.17. The van der Waals surface area contributed by atoms with Crippen LogP contribution >= 0.6 is 0 Å². The molecular weight excluding hydrogens is 342 g/mol. The number of sulfonamides is 1. The predicted molar refractivity (Wildman–Crippen MR) is 92.4 cm³/mol. The smallest absolute Gasteiger partial charge is 0.254 e. The molecule has 0 saturated carbocycles. The van der Waals surface area contributed by atoms with E-state index in [1.807, 2.05) is 4.90 Å². The van der Waals surface area contributed by atoms with Crippen molar-refractivity contribution in [1.29, 1.82) is 0 Å². The average molecular weight is 365 g/mol. The average Bonchev–Trinajstić information content (AvgIpc) is 2.57. The van der Waals surface area contributed by atoms with Gasteiger partial charge in [0, 0.05) is 38.7 Å². The molecule has 136 valence electrons. The van der Waals surface area contributed by atoms with Gasteiger partial charge in [-0.25, -0.2) is 13.6 Å². The van der Waals surface area contributed by atoms with E-state index in [0.29, 0.717) is 31.0 Å². The van der Waals surface area contributed by atoms with Crippen LogP contribution in [0.15, 0.2) is 23.1 Å². The Morgan fingerprint density at radius 3 is 2.52 bits per heavy atom. The van der Waals surface area contributed by atoms with Crippen LogP contribution in [0.2, 0.25) is 0 Å². The highest BCUT2D eigenvalue weighted by Gasteiger charge is 2.29. The highest BCUT2D eigenvalue weighted by atomic mass is 32.2. The number of fused-ring (bicyclic) bond motifs is 1. The van der Waals surface area contributed by atoms with Gasteiger partial charge in [-0.1, -0.05) is 6.07 Å². The number of piperidine rings is 1. The molecule has 0 atom stereocenters. The number of amides is 2. The third-order valence-corrected chi connectivity index (χ3v) is 6.03. The highest BCUT2D eigenvalue weighted by Crippen LogP contribution is 2.25. The van der Waals surface area contributed by atoms with Crippen molar-refractivity contribution in [2.75, 3.05) is 26.2 Å². The van der Waals surface area contributed by atoms with E-state index < -0.39 is 10.0 Å². The van der Waals surface area contributed by atoms with E-state index in [1.54, 1.807) is 17.9 Å². The van der Waals surface area contributed by atoms with Gasteiger partial charge in [0.25, 0.3) is 5.91 Å². The standard InChI is InChI=1S/C17H23N3O4S/c1-12(21)19-7-4-13(5-8-19)11-20-9-6-14-2-3-15(25(18,23)24)10-16(14)17(20)22/h2-3,10,13H,4-9,11H2,1H3,(H2,18,23,24). The van der Waals surface area contributed by atoms with E-state index >= 15 is 0 Å². The van der Waals surface area contributed by atoms with E-state index in [2.05, 4.69) is 0 Å². The first-order chi connectivity index (χ1) is 11.8. The number of nitrogens with two attached hydrogens (primary N) is 1. The Bertz CT molecular complexity index is 798. The lowest BCUT2D eigenvalue weighted by molar-refractivity contribution is -0.130. The van der Waals surface area contributed by atoms with Crippen molar-refractivity contribution in [3.05, 3.63) is 29.3 Å². The van der Waals surface area contributed by atoms with E-state index in [0.717, 1.165) is 31.5 Å². The molecule has 0 radical (unpaired) electrons. The molecule has 2 heterocycles. The second-order valence-electron chi connectivity index (χ2n) is 6.81. The maximum Gasteiger partial charge on any atom is 0.254 e. The van der Waals surface area contributed by atoms with Crippen LogP contribution in [0.25, 0.3) is 0 Å². The van der Waals surface area contributed by atoms with Crippen LogP contribution in [0.4, 0.5) is 0 Å². The SMILES string of the molecule is CC(=O)N1CCC(CN2CCc3ccc(S(N)(=O)=O)cc3C2=O)CC1. The number of hydrogen-bond donors (Lipinski definition) is 1. The molecule has 1 fully saturated rings. The monoisotopic (exact) mass is 365 g/mol. The molecule has 0 aliphatic carbocycles. The Balaban J connectivity index is 1.70. The molecule has 0 bridgehead atoms. The molecule has 2 aliphatic heterocycles. The lowest BCUT2D eigenvalue weighted by Gasteiger charge is -2.36. The van der Waals surface area contributed by atoms with E-state index in [-0.39, 0.29) is 16.7 Å². The molecule has 1 aromatic carbocycles. The number of rotatable bonds is 3. The lowest BCUT2D eigenvalue weighted by atomic mass is 9.93. The van der Waals surface area contributed by atoms with Gasteiger partial charge in [0.15, 0.2) is 0 Å². The van der Waals surface area contributed by atoms with E-state index in [1.165, 1.54) is 12.1 Å². The number of hydrogen-bond acceptors (Lipinski definition) is 4. The Morgan fingerprint density at radius 1 is 1.24 bits per heavy atom. The van der Waals surface area contributed by atoms with Crippen molar-refractivity contribution in [2.24, 2.45) is 11.1 Å². The van der Waals surface area contributed by atoms with Crippen LogP contribution in [0.3, 0.4) is 0 Å². The molecule has 0 unspecified atom stereocenters. The summed E-state index contributed by atoms with van der Waals surface area (Å²) >= 11 is 0. The topological polar surface area (TPSA) is 101 Å². The van der Waals surface area contributed by atoms with Crippen molar-refractivity contribution >= 4 is 21.8 Å². The second-order valence-corrected chi connectivity index (χ2v) is 8.38. The van der Waals surface area contributed by atoms with Gasteiger partial charge in [-0.15, -0.1) is 0 Å². The van der Waals surface area contributed by atoms with Gasteiger partial charge >= 0.3 is 0 Å². The second kappa shape index (κ2) is 6.76. The number of carbonyl (C=O) groups is 2. The summed E-state index contributed by atoms with van der Waals surface area (Å²) < 4.78 is 23.1. The first-order valence-corrected chi connectivity index (χ1v) is 10.0. The third-order valence-electron chi connectivity index (χ3n) is 5.12. The number of carbonyl (C=O) groups excluding carboxylic acids is 2. The minimum absolute atomic E-state index is 0.0313. The van der Waals surface area contributed by atoms with Crippen molar-refractivity contribution in [3.8, 4) is 0 Å². The first-order valence-electron chi connectivity index (χ1n) is 8.46. The molecule has 3 rings (SSSR count). The maximum absolute atomic E-state index is 12.8. The summed E-state index contributed by atoms with van der Waals surface area (Å²) in [4.78, 5) is 27.8. The molecular formula is C17H23N3O4S. The molecule has 25 heavy (non-hydrogen) atoms. The van der Waals surface area contributed by atoms with Crippen LogP contribution in [0, 0.1) is 5.92 Å². The zero-order chi connectivity index (χ0) is 18.2. The third kappa shape index (κ3) is 3.85. The summed E-state index contributed by atoms with van der Waals surface area (Å²) in [6, 6.07) is 4.52. The molecule has 1 aromatic rings. The van der Waals surface area contributed by atoms with Gasteiger partial charge < -0.3 is 9.80 Å². The fourth-order valence-electron chi connectivity index (χ4n) is 3.59. The Kier molecular flexibility index (Phi) is 4.83. The van der Waals surface area contributed by atoms with Gasteiger partial charge in [-0.2, -0.15) is 0 Å². The summed E-state index contributed by atoms with van der Waals surface area (Å²) in [6.45, 7) is 4.31. The van der Waals surface area contributed by atoms with Crippen LogP contribution in [-0.4, -0.2) is 56.2 Å². The van der Waals surface area contributed by atoms with Gasteiger partial charge in [0.2, 0.25) is 15.9 Å². The van der Waals surface area contributed by atoms with E-state index in [9.17, 15) is 18.0 Å². The predicted octanol–water partition coefficient (Wildman–Crippen LogP) is 0.591. The zero-order valence-electron chi connectivity index (χ0n) is 14.3. The van der Waals surface area contributed by atoms with Crippen LogP contribution in [0.5, 0.6) is 0 Å². The van der Waals surface area contributed by atoms with Gasteiger partial charge in [0.05, 0.1) is 4.90 Å². The van der Waals surface area contributed by atoms with E-state index in [4.69, 9.17) is 5.14 Å². The first kappa shape index (κ1) is 17.9. The molecule has 0 aromatic heterocycles. The quantitative estimate of drug-likeness (QED) is 0.847. The van der Waals surface area contributed by atoms with Crippen molar-refractivity contribution in [3.63, 3.8) is 0 Å².